The Labute approximate surface area is 194 Å². The number of ether oxygens (including phenoxy) is 5. The molecule has 3 aliphatic carbocycles. The van der Waals surface area contributed by atoms with Crippen molar-refractivity contribution in [3.8, 4) is 0 Å². The smallest absolute Gasteiger partial charge is 0.338 e. The number of carbonyl (C=O) groups is 1. The predicted molar refractivity (Wildman–Crippen MR) is 109 cm³/mol. The van der Waals surface area contributed by atoms with Gasteiger partial charge < -0.3 is 49.2 Å². The number of benzene rings is 1. The maximum Gasteiger partial charge on any atom is 0.338 e. The number of rotatable bonds is 6. The largest absolute Gasteiger partial charge is 0.461 e. The Morgan fingerprint density at radius 3 is 2.56 bits per heavy atom. The van der Waals surface area contributed by atoms with E-state index >= 15 is 0 Å². The minimum absolute atomic E-state index is 0.0902. The second-order valence-electron chi connectivity index (χ2n) is 10.2. The second kappa shape index (κ2) is 7.19. The van der Waals surface area contributed by atoms with Gasteiger partial charge in [-0.15, -0.1) is 0 Å². The monoisotopic (exact) mass is 480 g/mol. The molecule has 0 amide bonds. The lowest BCUT2D eigenvalue weighted by atomic mass is 9.41. The normalized spacial score (nSPS) is 52.5. The van der Waals surface area contributed by atoms with Gasteiger partial charge in [-0.3, -0.25) is 0 Å². The van der Waals surface area contributed by atoms with Crippen LogP contribution in [0.2, 0.25) is 0 Å². The zero-order valence-electron chi connectivity index (χ0n) is 18.4. The van der Waals surface area contributed by atoms with E-state index < -0.39 is 77.9 Å². The van der Waals surface area contributed by atoms with E-state index in [0.29, 0.717) is 5.56 Å². The Balaban J connectivity index is 1.32. The third-order valence-corrected chi connectivity index (χ3v) is 8.57. The summed E-state index contributed by atoms with van der Waals surface area (Å²) in [6.07, 6.45) is -7.87. The molecular weight excluding hydrogens is 452 g/mol. The van der Waals surface area contributed by atoms with Gasteiger partial charge in [-0.1, -0.05) is 18.2 Å². The Bertz CT molecular complexity index is 988. The van der Waals surface area contributed by atoms with Gasteiger partial charge in [0.05, 0.1) is 17.6 Å². The van der Waals surface area contributed by atoms with Gasteiger partial charge in [0.25, 0.3) is 0 Å². The van der Waals surface area contributed by atoms with Crippen LogP contribution in [0.3, 0.4) is 0 Å². The molecular formula is C23H28O11. The lowest BCUT2D eigenvalue weighted by Crippen LogP contribution is -2.80. The molecule has 2 unspecified atom stereocenters. The van der Waals surface area contributed by atoms with Crippen LogP contribution in [0.4, 0.5) is 0 Å². The Morgan fingerprint density at radius 2 is 1.85 bits per heavy atom. The van der Waals surface area contributed by atoms with E-state index in [0.717, 1.165) is 0 Å². The highest BCUT2D eigenvalue weighted by atomic mass is 16.8. The van der Waals surface area contributed by atoms with Crippen LogP contribution in [-0.4, -0.2) is 98.7 Å². The van der Waals surface area contributed by atoms with E-state index in [4.69, 9.17) is 23.7 Å². The first-order valence-electron chi connectivity index (χ1n) is 11.4. The number of esters is 1. The number of carbonyl (C=O) groups excluding carboxylic acids is 1. The van der Waals surface area contributed by atoms with Crippen LogP contribution >= 0.6 is 0 Å². The first kappa shape index (κ1) is 22.8. The number of aliphatic hydroxyl groups excluding tert-OH is 4. The SMILES string of the molecule is C[C@@]12C[C@@]3(O)OC(O1)[C@]1(COC(=O)c4ccccc4)C3C[C@@]12O[C@@H]1O[C@H](CO)[C@@H](O)[C@H](O)[C@H]1O. The molecule has 11 atom stereocenters. The average molecular weight is 480 g/mol. The summed E-state index contributed by atoms with van der Waals surface area (Å²) < 4.78 is 29.7. The van der Waals surface area contributed by atoms with Crippen LogP contribution in [0.1, 0.15) is 30.1 Å². The first-order chi connectivity index (χ1) is 16.1. The fourth-order valence-corrected chi connectivity index (χ4v) is 6.87. The van der Waals surface area contributed by atoms with Gasteiger partial charge in [0.2, 0.25) is 0 Å². The number of hydrogen-bond donors (Lipinski definition) is 5. The van der Waals surface area contributed by atoms with Crippen molar-refractivity contribution in [1.29, 1.82) is 0 Å². The third-order valence-electron chi connectivity index (χ3n) is 8.57. The highest BCUT2D eigenvalue weighted by Crippen LogP contribution is 2.81. The van der Waals surface area contributed by atoms with E-state index in [-0.39, 0.29) is 19.4 Å². The molecule has 0 spiro atoms. The van der Waals surface area contributed by atoms with Crippen molar-refractivity contribution < 1.29 is 54.0 Å². The third kappa shape index (κ3) is 2.59. The number of aliphatic hydroxyl groups is 5. The van der Waals surface area contributed by atoms with Crippen LogP contribution in [0, 0.1) is 11.3 Å². The molecule has 8 rings (SSSR count). The fourth-order valence-electron chi connectivity index (χ4n) is 6.87. The van der Waals surface area contributed by atoms with E-state index in [1.54, 1.807) is 37.3 Å². The molecule has 7 fully saturated rings. The maximum absolute atomic E-state index is 12.7. The lowest BCUT2D eigenvalue weighted by Gasteiger charge is -2.67. The summed E-state index contributed by atoms with van der Waals surface area (Å²) in [5.74, 6) is -2.49. The van der Waals surface area contributed by atoms with Crippen molar-refractivity contribution in [2.45, 2.75) is 73.8 Å². The van der Waals surface area contributed by atoms with Gasteiger partial charge in [0, 0.05) is 12.3 Å². The molecule has 4 saturated heterocycles. The van der Waals surface area contributed by atoms with Crippen molar-refractivity contribution in [3.63, 3.8) is 0 Å². The summed E-state index contributed by atoms with van der Waals surface area (Å²) in [5, 5.41) is 51.7. The molecule has 1 aromatic carbocycles. The molecule has 0 aromatic heterocycles. The van der Waals surface area contributed by atoms with Crippen molar-refractivity contribution in [2.24, 2.45) is 11.3 Å². The van der Waals surface area contributed by atoms with Crippen LogP contribution in [0.5, 0.6) is 0 Å². The summed E-state index contributed by atoms with van der Waals surface area (Å²) in [4.78, 5) is 12.7. The van der Waals surface area contributed by atoms with Crippen LogP contribution in [-0.2, 0) is 23.7 Å². The Hall–Kier alpha value is -1.67. The van der Waals surface area contributed by atoms with Crippen molar-refractivity contribution in [3.05, 3.63) is 35.9 Å². The minimum atomic E-state index is -1.61. The molecule has 3 saturated carbocycles. The van der Waals surface area contributed by atoms with Crippen molar-refractivity contribution in [1.82, 2.24) is 0 Å². The van der Waals surface area contributed by atoms with Crippen LogP contribution in [0.25, 0.3) is 0 Å². The Morgan fingerprint density at radius 1 is 1.12 bits per heavy atom. The summed E-state index contributed by atoms with van der Waals surface area (Å²) in [6.45, 7) is 0.985. The van der Waals surface area contributed by atoms with E-state index in [1.165, 1.54) is 0 Å². The molecule has 186 valence electrons. The molecule has 4 heterocycles. The molecule has 11 nitrogen and oxygen atoms in total. The maximum atomic E-state index is 12.7. The quantitative estimate of drug-likeness (QED) is 0.306. The predicted octanol–water partition coefficient (Wildman–Crippen LogP) is -1.36. The number of hydrogen-bond acceptors (Lipinski definition) is 11. The summed E-state index contributed by atoms with van der Waals surface area (Å²) in [5.41, 5.74) is -2.99. The molecule has 34 heavy (non-hydrogen) atoms. The van der Waals surface area contributed by atoms with Gasteiger partial charge in [-0.05, 0) is 25.5 Å². The van der Waals surface area contributed by atoms with Gasteiger partial charge >= 0.3 is 5.97 Å². The van der Waals surface area contributed by atoms with Gasteiger partial charge in [0.15, 0.2) is 18.4 Å². The summed E-state index contributed by atoms with van der Waals surface area (Å²) in [6, 6.07) is 8.47. The summed E-state index contributed by atoms with van der Waals surface area (Å²) >= 11 is 0. The van der Waals surface area contributed by atoms with Gasteiger partial charge in [-0.2, -0.15) is 0 Å². The summed E-state index contributed by atoms with van der Waals surface area (Å²) in [7, 11) is 0. The van der Waals surface area contributed by atoms with Gasteiger partial charge in [0.1, 0.15) is 42.2 Å². The molecule has 4 aliphatic heterocycles. The molecule has 0 radical (unpaired) electrons. The first-order valence-corrected chi connectivity index (χ1v) is 11.4. The van der Waals surface area contributed by atoms with Crippen molar-refractivity contribution >= 4 is 5.97 Å². The minimum Gasteiger partial charge on any atom is -0.461 e. The van der Waals surface area contributed by atoms with Crippen molar-refractivity contribution in [2.75, 3.05) is 13.2 Å². The highest BCUT2D eigenvalue weighted by molar-refractivity contribution is 5.89. The highest BCUT2D eigenvalue weighted by Gasteiger charge is 2.94. The van der Waals surface area contributed by atoms with E-state index in [1.807, 2.05) is 0 Å². The molecule has 5 N–H and O–H groups in total. The fraction of sp³-hybridized carbons (Fsp3) is 0.696. The van der Waals surface area contributed by atoms with E-state index in [9.17, 15) is 30.3 Å². The van der Waals surface area contributed by atoms with Gasteiger partial charge in [-0.25, -0.2) is 4.79 Å². The Kier molecular flexibility index (Phi) is 4.81. The average Bonchev–Trinajstić information content (AvgIpc) is 3.00. The van der Waals surface area contributed by atoms with E-state index in [2.05, 4.69) is 0 Å². The lowest BCUT2D eigenvalue weighted by molar-refractivity contribution is -0.424. The molecule has 11 heteroatoms. The standard InChI is InChI=1S/C23H28O11/c1-20-9-22(29)13-7-23(20,32-18-16(27)15(26)14(25)12(8-24)31-18)21(13,19(33-20)34-22)10-30-17(28)11-5-3-2-4-6-11/h2-6,12-16,18-19,24-27,29H,7-10H2,1H3/t12-,13?,14-,15+,16-,18+,19?,20+,21+,22-,23+/m1/s1. The molecule has 7 aliphatic rings. The zero-order valence-corrected chi connectivity index (χ0v) is 18.4. The zero-order chi connectivity index (χ0) is 24.1. The van der Waals surface area contributed by atoms with Crippen LogP contribution < -0.4 is 0 Å². The molecule has 6 bridgehead atoms. The topological polar surface area (TPSA) is 164 Å². The van der Waals surface area contributed by atoms with Crippen LogP contribution in [0.15, 0.2) is 30.3 Å². The second-order valence-corrected chi connectivity index (χ2v) is 10.2. The molecule has 1 aromatic rings.